The van der Waals surface area contributed by atoms with Crippen LogP contribution >= 0.6 is 0 Å². The lowest BCUT2D eigenvalue weighted by molar-refractivity contribution is -0.383. The van der Waals surface area contributed by atoms with Crippen LogP contribution in [-0.2, 0) is 7.05 Å². The fourth-order valence-electron chi connectivity index (χ4n) is 4.44. The van der Waals surface area contributed by atoms with Crippen molar-refractivity contribution in [2.75, 3.05) is 51.1 Å². The third kappa shape index (κ3) is 5.75. The zero-order valence-electron chi connectivity index (χ0n) is 23.2. The standard InChI is InChI=1S/C28H30F2N6O5/c1-6-31-9-10-34(2)17-7-8-18(19(13-17)36(38)39)33-24-12-16-11-20(35(3)21(16)15-32-24)28(37)25-26(29)22(40-4)14-23(41-5)27(25)30/h7-8,11-15,31H,6,9-10H2,1-5H3,(H,32,33). The van der Waals surface area contributed by atoms with Crippen LogP contribution in [-0.4, -0.2) is 61.2 Å². The van der Waals surface area contributed by atoms with Crippen molar-refractivity contribution in [1.82, 2.24) is 14.9 Å². The summed E-state index contributed by atoms with van der Waals surface area (Å²) in [5.41, 5.74) is 0.449. The number of hydrogen-bond donors (Lipinski definition) is 2. The number of nitrogens with one attached hydrogen (secondary N) is 2. The fourth-order valence-corrected chi connectivity index (χ4v) is 4.44. The Morgan fingerprint density at radius 1 is 1.12 bits per heavy atom. The number of nitro groups is 1. The first kappa shape index (κ1) is 29.2. The largest absolute Gasteiger partial charge is 0.494 e. The van der Waals surface area contributed by atoms with Crippen molar-refractivity contribution in [3.05, 3.63) is 75.6 Å². The molecule has 0 atom stereocenters. The van der Waals surface area contributed by atoms with E-state index >= 15 is 8.78 Å². The summed E-state index contributed by atoms with van der Waals surface area (Å²) in [4.78, 5) is 31.0. The van der Waals surface area contributed by atoms with E-state index in [1.54, 1.807) is 25.2 Å². The number of carbonyl (C=O) groups excluding carboxylic acids is 1. The molecular weight excluding hydrogens is 538 g/mol. The summed E-state index contributed by atoms with van der Waals surface area (Å²) < 4.78 is 41.4. The Morgan fingerprint density at radius 3 is 2.41 bits per heavy atom. The number of anilines is 3. The zero-order valence-corrected chi connectivity index (χ0v) is 23.2. The number of carbonyl (C=O) groups is 1. The van der Waals surface area contributed by atoms with Gasteiger partial charge in [-0.3, -0.25) is 14.9 Å². The summed E-state index contributed by atoms with van der Waals surface area (Å²) in [6, 6.07) is 8.93. The minimum atomic E-state index is -1.15. The highest BCUT2D eigenvalue weighted by atomic mass is 19.1. The third-order valence-corrected chi connectivity index (χ3v) is 6.72. The van der Waals surface area contributed by atoms with E-state index in [2.05, 4.69) is 15.6 Å². The molecule has 11 nitrogen and oxygen atoms in total. The summed E-state index contributed by atoms with van der Waals surface area (Å²) in [5, 5.41) is 18.6. The second-order valence-electron chi connectivity index (χ2n) is 9.19. The maximum absolute atomic E-state index is 15.0. The molecule has 0 saturated carbocycles. The molecule has 0 unspecified atom stereocenters. The predicted molar refractivity (Wildman–Crippen MR) is 152 cm³/mol. The van der Waals surface area contributed by atoms with Gasteiger partial charge in [0.2, 0.25) is 5.78 Å². The van der Waals surface area contributed by atoms with E-state index in [4.69, 9.17) is 9.47 Å². The molecule has 0 amide bonds. The van der Waals surface area contributed by atoms with E-state index < -0.39 is 27.9 Å². The number of nitrogens with zero attached hydrogens (tertiary/aromatic N) is 4. The normalized spacial score (nSPS) is 11.0. The van der Waals surface area contributed by atoms with Gasteiger partial charge in [-0.05, 0) is 30.8 Å². The second kappa shape index (κ2) is 12.2. The number of rotatable bonds is 12. The molecule has 2 aromatic heterocycles. The van der Waals surface area contributed by atoms with Crippen molar-refractivity contribution in [1.29, 1.82) is 0 Å². The molecule has 216 valence electrons. The number of ether oxygens (including phenoxy) is 2. The van der Waals surface area contributed by atoms with Crippen molar-refractivity contribution >= 4 is 39.6 Å². The minimum Gasteiger partial charge on any atom is -0.494 e. The van der Waals surface area contributed by atoms with Gasteiger partial charge in [0.15, 0.2) is 23.1 Å². The molecule has 4 rings (SSSR count). The lowest BCUT2D eigenvalue weighted by atomic mass is 10.1. The van der Waals surface area contributed by atoms with E-state index in [9.17, 15) is 14.9 Å². The lowest BCUT2D eigenvalue weighted by Gasteiger charge is -2.20. The van der Waals surface area contributed by atoms with Crippen LogP contribution in [0.5, 0.6) is 11.5 Å². The fraction of sp³-hybridized carbons (Fsp3) is 0.286. The van der Waals surface area contributed by atoms with Crippen molar-refractivity contribution in [3.63, 3.8) is 0 Å². The average molecular weight is 569 g/mol. The second-order valence-corrected chi connectivity index (χ2v) is 9.19. The Kier molecular flexibility index (Phi) is 8.67. The van der Waals surface area contributed by atoms with Gasteiger partial charge in [0.1, 0.15) is 17.1 Å². The number of benzene rings is 2. The highest BCUT2D eigenvalue weighted by Crippen LogP contribution is 2.35. The molecule has 0 bridgehead atoms. The van der Waals surface area contributed by atoms with Gasteiger partial charge >= 0.3 is 0 Å². The number of fused-ring (bicyclic) bond motifs is 1. The van der Waals surface area contributed by atoms with Crippen LogP contribution in [0.3, 0.4) is 0 Å². The number of aromatic nitrogens is 2. The van der Waals surface area contributed by atoms with Crippen LogP contribution in [0.2, 0.25) is 0 Å². The molecular formula is C28H30F2N6O5. The van der Waals surface area contributed by atoms with Crippen molar-refractivity contribution in [2.24, 2.45) is 7.05 Å². The number of aryl methyl sites for hydroxylation is 1. The molecule has 0 radical (unpaired) electrons. The number of halogens is 2. The third-order valence-electron chi connectivity index (χ3n) is 6.72. The predicted octanol–water partition coefficient (Wildman–Crippen LogP) is 4.80. The first-order valence-corrected chi connectivity index (χ1v) is 12.7. The van der Waals surface area contributed by atoms with Crippen molar-refractivity contribution in [3.8, 4) is 11.5 Å². The maximum atomic E-state index is 15.0. The number of ketones is 1. The Labute approximate surface area is 234 Å². The molecule has 4 aromatic rings. The van der Waals surface area contributed by atoms with Crippen LogP contribution < -0.4 is 25.0 Å². The van der Waals surface area contributed by atoms with Gasteiger partial charge in [-0.15, -0.1) is 0 Å². The van der Waals surface area contributed by atoms with Crippen LogP contribution in [0, 0.1) is 21.7 Å². The number of nitro benzene ring substituents is 1. The summed E-state index contributed by atoms with van der Waals surface area (Å²) in [6.45, 7) is 4.23. The molecule has 41 heavy (non-hydrogen) atoms. The van der Waals surface area contributed by atoms with Crippen LogP contribution in [0.15, 0.2) is 42.6 Å². The van der Waals surface area contributed by atoms with Crippen LogP contribution in [0.25, 0.3) is 10.9 Å². The van der Waals surface area contributed by atoms with E-state index in [1.165, 1.54) is 37.1 Å². The molecule has 13 heteroatoms. The van der Waals surface area contributed by atoms with Gasteiger partial charge in [0.25, 0.3) is 5.69 Å². The van der Waals surface area contributed by atoms with Gasteiger partial charge in [0, 0.05) is 50.4 Å². The topological polar surface area (TPSA) is 124 Å². The molecule has 0 spiro atoms. The van der Waals surface area contributed by atoms with Gasteiger partial charge in [-0.2, -0.15) is 0 Å². The van der Waals surface area contributed by atoms with Gasteiger partial charge < -0.3 is 29.6 Å². The minimum absolute atomic E-state index is 0.0111. The molecule has 0 saturated heterocycles. The highest BCUT2D eigenvalue weighted by Gasteiger charge is 2.28. The quantitative estimate of drug-likeness (QED) is 0.107. The van der Waals surface area contributed by atoms with Gasteiger partial charge in [0.05, 0.1) is 36.6 Å². The monoisotopic (exact) mass is 568 g/mol. The van der Waals surface area contributed by atoms with Gasteiger partial charge in [-0.1, -0.05) is 6.92 Å². The van der Waals surface area contributed by atoms with E-state index in [0.29, 0.717) is 23.1 Å². The van der Waals surface area contributed by atoms with E-state index in [1.807, 2.05) is 18.9 Å². The molecule has 0 aliphatic rings. The van der Waals surface area contributed by atoms with Crippen molar-refractivity contribution < 1.29 is 28.0 Å². The zero-order chi connectivity index (χ0) is 29.8. The van der Waals surface area contributed by atoms with Crippen molar-refractivity contribution in [2.45, 2.75) is 6.92 Å². The Morgan fingerprint density at radius 2 is 1.80 bits per heavy atom. The summed E-state index contributed by atoms with van der Waals surface area (Å²) in [5.74, 6) is -3.62. The van der Waals surface area contributed by atoms with E-state index in [-0.39, 0.29) is 34.4 Å². The number of pyridine rings is 1. The van der Waals surface area contributed by atoms with E-state index in [0.717, 1.165) is 19.2 Å². The average Bonchev–Trinajstić information content (AvgIpc) is 3.28. The summed E-state index contributed by atoms with van der Waals surface area (Å²) in [7, 11) is 5.81. The Balaban J connectivity index is 1.67. The summed E-state index contributed by atoms with van der Waals surface area (Å²) in [6.07, 6.45) is 1.46. The maximum Gasteiger partial charge on any atom is 0.294 e. The Hall–Kier alpha value is -4.78. The molecule has 2 heterocycles. The first-order valence-electron chi connectivity index (χ1n) is 12.7. The molecule has 2 N–H and O–H groups in total. The SMILES string of the molecule is CCNCCN(C)c1ccc(Nc2cc3cc(C(=O)c4c(F)c(OC)cc(OC)c4F)n(C)c3cn2)c([N+](=O)[O-])c1. The summed E-state index contributed by atoms with van der Waals surface area (Å²) >= 11 is 0. The first-order chi connectivity index (χ1) is 19.6. The lowest BCUT2D eigenvalue weighted by Crippen LogP contribution is -2.28. The number of hydrogen-bond acceptors (Lipinski definition) is 9. The molecule has 0 aliphatic heterocycles. The van der Waals surface area contributed by atoms with Crippen LogP contribution in [0.4, 0.5) is 31.7 Å². The number of methoxy groups -OCH3 is 2. The molecule has 0 fully saturated rings. The van der Waals surface area contributed by atoms with Crippen LogP contribution in [0.1, 0.15) is 23.0 Å². The molecule has 2 aromatic carbocycles. The smallest absolute Gasteiger partial charge is 0.294 e. The number of likely N-dealkylation sites (N-methyl/N-ethyl adjacent to an activating group) is 2. The Bertz CT molecular complexity index is 1600. The van der Waals surface area contributed by atoms with Gasteiger partial charge in [-0.25, -0.2) is 13.8 Å². The highest BCUT2D eigenvalue weighted by molar-refractivity contribution is 6.11. The molecule has 0 aliphatic carbocycles.